The number of benzene rings is 1. The lowest BCUT2D eigenvalue weighted by Crippen LogP contribution is -2.48. The molecular weight excluding hydrogens is 292 g/mol. The van der Waals surface area contributed by atoms with Gasteiger partial charge in [0, 0.05) is 13.2 Å². The first-order chi connectivity index (χ1) is 11.7. The molecule has 4 aliphatic rings. The Morgan fingerprint density at radius 2 is 1.58 bits per heavy atom. The molecule has 0 amide bonds. The van der Waals surface area contributed by atoms with Crippen molar-refractivity contribution in [3.05, 3.63) is 53.9 Å². The average Bonchev–Trinajstić information content (AvgIpc) is 2.97. The Kier molecular flexibility index (Phi) is 3.23. The maximum absolute atomic E-state index is 4.65. The quantitative estimate of drug-likeness (QED) is 0.688. The summed E-state index contributed by atoms with van der Waals surface area (Å²) < 4.78 is 2.09. The van der Waals surface area contributed by atoms with Crippen molar-refractivity contribution in [1.29, 1.82) is 0 Å². The van der Waals surface area contributed by atoms with Gasteiger partial charge in [0.2, 0.25) is 0 Å². The molecular formula is C22H26N2. The van der Waals surface area contributed by atoms with E-state index in [0.717, 1.165) is 29.1 Å². The molecule has 0 aliphatic heterocycles. The third-order valence-corrected chi connectivity index (χ3v) is 6.85. The van der Waals surface area contributed by atoms with E-state index in [1.807, 2.05) is 6.21 Å². The zero-order valence-corrected chi connectivity index (χ0v) is 14.5. The van der Waals surface area contributed by atoms with Gasteiger partial charge in [0.05, 0.1) is 17.6 Å². The van der Waals surface area contributed by atoms with Crippen LogP contribution >= 0.6 is 0 Å². The van der Waals surface area contributed by atoms with Gasteiger partial charge in [-0.05, 0) is 91.5 Å². The largest absolute Gasteiger partial charge is 0.350 e. The van der Waals surface area contributed by atoms with E-state index < -0.39 is 0 Å². The van der Waals surface area contributed by atoms with Crippen molar-refractivity contribution in [3.63, 3.8) is 0 Å². The highest BCUT2D eigenvalue weighted by Gasteiger charge is 2.51. The molecule has 4 fully saturated rings. The molecule has 4 aliphatic carbocycles. The molecule has 1 heterocycles. The number of hydrogen-bond donors (Lipinski definition) is 0. The summed E-state index contributed by atoms with van der Waals surface area (Å²) in [6.45, 7) is 0. The van der Waals surface area contributed by atoms with Crippen LogP contribution in [0, 0.1) is 17.8 Å². The normalized spacial score (nSPS) is 34.3. The van der Waals surface area contributed by atoms with Crippen molar-refractivity contribution >= 4 is 11.9 Å². The molecule has 4 saturated carbocycles. The second-order valence-corrected chi connectivity index (χ2v) is 8.55. The smallest absolute Gasteiger partial charge is 0.0630 e. The van der Waals surface area contributed by atoms with Crippen molar-refractivity contribution < 1.29 is 0 Å². The lowest BCUT2D eigenvalue weighted by Gasteiger charge is -2.57. The molecule has 0 N–H and O–H groups in total. The van der Waals surface area contributed by atoms with E-state index in [1.165, 1.54) is 38.5 Å². The van der Waals surface area contributed by atoms with Crippen molar-refractivity contribution in [2.45, 2.75) is 43.9 Å². The van der Waals surface area contributed by atoms with Crippen LogP contribution < -0.4 is 0 Å². The van der Waals surface area contributed by atoms with Gasteiger partial charge < -0.3 is 4.57 Å². The van der Waals surface area contributed by atoms with Gasteiger partial charge in [-0.3, -0.25) is 4.99 Å². The van der Waals surface area contributed by atoms with E-state index in [4.69, 9.17) is 0 Å². The number of nitrogens with zero attached hydrogens (tertiary/aromatic N) is 2. The van der Waals surface area contributed by atoms with Crippen molar-refractivity contribution in [3.8, 4) is 0 Å². The van der Waals surface area contributed by atoms with E-state index in [1.54, 1.807) is 5.56 Å². The summed E-state index contributed by atoms with van der Waals surface area (Å²) in [5.74, 6) is 3.02. The van der Waals surface area contributed by atoms with Gasteiger partial charge in [-0.15, -0.1) is 0 Å². The Labute approximate surface area is 144 Å². The second-order valence-electron chi connectivity index (χ2n) is 8.55. The van der Waals surface area contributed by atoms with Crippen molar-refractivity contribution in [2.75, 3.05) is 0 Å². The van der Waals surface area contributed by atoms with E-state index >= 15 is 0 Å². The van der Waals surface area contributed by atoms with Crippen molar-refractivity contribution in [2.24, 2.45) is 29.8 Å². The Bertz CT molecular complexity index is 730. The van der Waals surface area contributed by atoms with Gasteiger partial charge >= 0.3 is 0 Å². The number of aromatic nitrogens is 1. The molecule has 2 heteroatoms. The minimum absolute atomic E-state index is 0.495. The summed E-state index contributed by atoms with van der Waals surface area (Å²) in [4.78, 5) is 4.65. The Morgan fingerprint density at radius 1 is 0.958 bits per heavy atom. The summed E-state index contributed by atoms with van der Waals surface area (Å²) in [7, 11) is 2.05. The van der Waals surface area contributed by atoms with Crippen LogP contribution in [0.1, 0.15) is 49.8 Å². The fourth-order valence-corrected chi connectivity index (χ4v) is 6.11. The third-order valence-electron chi connectivity index (χ3n) is 6.85. The van der Waals surface area contributed by atoms with Gasteiger partial charge in [-0.25, -0.2) is 0 Å². The summed E-state index contributed by atoms with van der Waals surface area (Å²) in [6.07, 6.45) is 12.9. The van der Waals surface area contributed by atoms with Crippen LogP contribution in [0.15, 0.2) is 47.6 Å². The monoisotopic (exact) mass is 318 g/mol. The molecule has 4 bridgehead atoms. The van der Waals surface area contributed by atoms with Crippen LogP contribution in [-0.2, 0) is 12.5 Å². The average molecular weight is 318 g/mol. The first-order valence-electron chi connectivity index (χ1n) is 9.46. The maximum Gasteiger partial charge on any atom is 0.0630 e. The maximum atomic E-state index is 4.65. The molecule has 24 heavy (non-hydrogen) atoms. The summed E-state index contributed by atoms with van der Waals surface area (Å²) in [6, 6.07) is 13.3. The van der Waals surface area contributed by atoms with Crippen LogP contribution in [0.4, 0.5) is 5.69 Å². The van der Waals surface area contributed by atoms with Crippen LogP contribution in [0.3, 0.4) is 0 Å². The van der Waals surface area contributed by atoms with Crippen LogP contribution in [0.25, 0.3) is 0 Å². The molecule has 0 atom stereocenters. The van der Waals surface area contributed by atoms with Gasteiger partial charge in [-0.2, -0.15) is 0 Å². The lowest BCUT2D eigenvalue weighted by molar-refractivity contribution is -0.00518. The molecule has 2 aromatic rings. The number of aliphatic imine (C=N–C) groups is 1. The fraction of sp³-hybridized carbons (Fsp3) is 0.500. The lowest BCUT2D eigenvalue weighted by atomic mass is 9.48. The molecule has 1 aromatic carbocycles. The van der Waals surface area contributed by atoms with E-state index in [0.29, 0.717) is 5.41 Å². The Balaban J connectivity index is 1.39. The Hall–Kier alpha value is -1.83. The highest BCUT2D eigenvalue weighted by molar-refractivity contribution is 5.80. The molecule has 2 nitrogen and oxygen atoms in total. The third kappa shape index (κ3) is 2.35. The number of rotatable bonds is 3. The van der Waals surface area contributed by atoms with E-state index in [2.05, 4.69) is 59.2 Å². The van der Waals surface area contributed by atoms with Crippen LogP contribution in [-0.4, -0.2) is 10.8 Å². The predicted molar refractivity (Wildman–Crippen MR) is 99.0 cm³/mol. The zero-order valence-electron chi connectivity index (χ0n) is 14.5. The number of aryl methyl sites for hydroxylation is 1. The standard InChI is InChI=1S/C22H26N2/c1-24-8-2-3-21(24)15-23-20-6-4-19(5-7-20)22-12-16-9-17(13-22)11-18(10-16)14-22/h2-8,15-18H,9-14H2,1H3. The first kappa shape index (κ1) is 14.5. The first-order valence-corrected chi connectivity index (χ1v) is 9.46. The Morgan fingerprint density at radius 3 is 2.12 bits per heavy atom. The predicted octanol–water partition coefficient (Wildman–Crippen LogP) is 5.24. The molecule has 0 saturated heterocycles. The fourth-order valence-electron chi connectivity index (χ4n) is 6.11. The topological polar surface area (TPSA) is 17.3 Å². The summed E-state index contributed by atoms with van der Waals surface area (Å²) in [5.41, 5.74) is 4.28. The van der Waals surface area contributed by atoms with Gasteiger partial charge in [0.25, 0.3) is 0 Å². The molecule has 6 rings (SSSR count). The molecule has 0 radical (unpaired) electrons. The van der Waals surface area contributed by atoms with Crippen LogP contribution in [0.2, 0.25) is 0 Å². The molecule has 0 unspecified atom stereocenters. The zero-order chi connectivity index (χ0) is 16.1. The minimum Gasteiger partial charge on any atom is -0.350 e. The van der Waals surface area contributed by atoms with E-state index in [9.17, 15) is 0 Å². The SMILES string of the molecule is Cn1cccc1C=Nc1ccc(C23CC4CC(CC(C4)C2)C3)cc1. The number of hydrogen-bond acceptors (Lipinski definition) is 1. The highest BCUT2D eigenvalue weighted by atomic mass is 14.9. The minimum atomic E-state index is 0.495. The van der Waals surface area contributed by atoms with Crippen molar-refractivity contribution in [1.82, 2.24) is 4.57 Å². The summed E-state index contributed by atoms with van der Waals surface area (Å²) in [5, 5.41) is 0. The van der Waals surface area contributed by atoms with E-state index in [-0.39, 0.29) is 0 Å². The van der Waals surface area contributed by atoms with Gasteiger partial charge in [-0.1, -0.05) is 12.1 Å². The van der Waals surface area contributed by atoms with Gasteiger partial charge in [0.15, 0.2) is 0 Å². The van der Waals surface area contributed by atoms with Crippen LogP contribution in [0.5, 0.6) is 0 Å². The second kappa shape index (κ2) is 5.34. The molecule has 0 spiro atoms. The molecule has 124 valence electrons. The highest BCUT2D eigenvalue weighted by Crippen LogP contribution is 2.60. The van der Waals surface area contributed by atoms with Gasteiger partial charge in [0.1, 0.15) is 0 Å². The molecule has 1 aromatic heterocycles. The summed E-state index contributed by atoms with van der Waals surface area (Å²) >= 11 is 0.